The van der Waals surface area contributed by atoms with Gasteiger partial charge in [-0.2, -0.15) is 5.10 Å². The van der Waals surface area contributed by atoms with Gasteiger partial charge in [-0.05, 0) is 44.0 Å². The fraction of sp³-hybridized carbons (Fsp3) is 0.423. The lowest BCUT2D eigenvalue weighted by atomic mass is 9.80. The lowest BCUT2D eigenvalue weighted by Crippen LogP contribution is -2.42. The second-order valence-corrected chi connectivity index (χ2v) is 10.1. The zero-order valence-electron chi connectivity index (χ0n) is 21.0. The van der Waals surface area contributed by atoms with Gasteiger partial charge in [0.25, 0.3) is 0 Å². The molecule has 2 aromatic rings. The Morgan fingerprint density at radius 3 is 2.75 bits per heavy atom. The van der Waals surface area contributed by atoms with E-state index in [9.17, 15) is 4.79 Å². The van der Waals surface area contributed by atoms with Gasteiger partial charge in [0.15, 0.2) is 11.5 Å². The third-order valence-electron chi connectivity index (χ3n) is 6.62. The number of aliphatic imine (C=N–C) groups is 2. The van der Waals surface area contributed by atoms with Gasteiger partial charge in [0.2, 0.25) is 12.7 Å². The summed E-state index contributed by atoms with van der Waals surface area (Å²) in [6.45, 7) is 6.35. The number of allylic oxidation sites excluding steroid dienone is 1. The molecule has 0 saturated carbocycles. The Labute approximate surface area is 215 Å². The standard InChI is InChI=1S/C26H32N6O3S/c1-5-14(2)10-18(27)25-24(29-4)15(3)16(6-7-23(28)33)26(31-25)36-22-12-21-20(34-13-35-21)11-17(22)19-8-9-30-32-19/h8-12,15-16,25,27H,5-7,13H2,1-4H3,(H2,28,33)(H,30,32)/b14-10+,27-18?,29-24?. The van der Waals surface area contributed by atoms with Crippen molar-refractivity contribution in [1.29, 1.82) is 5.41 Å². The largest absolute Gasteiger partial charge is 0.454 e. The molecule has 10 heteroatoms. The number of primary amides is 1. The number of amides is 1. The van der Waals surface area contributed by atoms with E-state index in [0.717, 1.165) is 38.9 Å². The van der Waals surface area contributed by atoms with E-state index in [1.807, 2.05) is 31.2 Å². The molecule has 0 saturated heterocycles. The minimum atomic E-state index is -0.483. The number of nitrogens with one attached hydrogen (secondary N) is 2. The van der Waals surface area contributed by atoms with E-state index in [1.54, 1.807) is 13.2 Å². The number of ether oxygens (including phenoxy) is 2. The Bertz CT molecular complexity index is 1230. The smallest absolute Gasteiger partial charge is 0.231 e. The molecule has 0 aliphatic carbocycles. The van der Waals surface area contributed by atoms with Crippen LogP contribution >= 0.6 is 11.8 Å². The monoisotopic (exact) mass is 508 g/mol. The number of benzene rings is 1. The van der Waals surface area contributed by atoms with Gasteiger partial charge in [0.1, 0.15) is 6.04 Å². The van der Waals surface area contributed by atoms with Crippen LogP contribution in [0, 0.1) is 17.2 Å². The highest BCUT2D eigenvalue weighted by atomic mass is 32.2. The van der Waals surface area contributed by atoms with Crippen LogP contribution in [0.25, 0.3) is 11.3 Å². The van der Waals surface area contributed by atoms with Crippen LogP contribution in [0.3, 0.4) is 0 Å². The van der Waals surface area contributed by atoms with Gasteiger partial charge in [-0.1, -0.05) is 31.2 Å². The van der Waals surface area contributed by atoms with Gasteiger partial charge in [-0.25, -0.2) is 0 Å². The molecular formula is C26H32N6O3S. The van der Waals surface area contributed by atoms with Crippen molar-refractivity contribution in [1.82, 2.24) is 10.2 Å². The summed E-state index contributed by atoms with van der Waals surface area (Å²) in [5.74, 6) is 0.911. The van der Waals surface area contributed by atoms with Crippen molar-refractivity contribution in [3.8, 4) is 22.8 Å². The summed E-state index contributed by atoms with van der Waals surface area (Å²) < 4.78 is 11.3. The predicted octanol–water partition coefficient (Wildman–Crippen LogP) is 4.64. The normalized spacial score (nSPS) is 22.6. The molecule has 2 aliphatic heterocycles. The molecule has 1 aromatic heterocycles. The number of carbonyl (C=O) groups excluding carboxylic acids is 1. The number of fused-ring (bicyclic) bond motifs is 1. The quantitative estimate of drug-likeness (QED) is 0.446. The minimum absolute atomic E-state index is 0.0142. The maximum atomic E-state index is 11.7. The van der Waals surface area contributed by atoms with E-state index in [2.05, 4.69) is 29.0 Å². The first-order valence-corrected chi connectivity index (χ1v) is 12.8. The molecule has 190 valence electrons. The van der Waals surface area contributed by atoms with E-state index < -0.39 is 6.04 Å². The van der Waals surface area contributed by atoms with E-state index in [-0.39, 0.29) is 31.0 Å². The number of carbonyl (C=O) groups is 1. The fourth-order valence-electron chi connectivity index (χ4n) is 4.47. The van der Waals surface area contributed by atoms with Crippen molar-refractivity contribution in [2.24, 2.45) is 27.6 Å². The van der Waals surface area contributed by atoms with Crippen molar-refractivity contribution in [3.05, 3.63) is 36.0 Å². The molecule has 1 aromatic carbocycles. The van der Waals surface area contributed by atoms with E-state index in [1.165, 1.54) is 11.8 Å². The first-order valence-electron chi connectivity index (χ1n) is 12.0. The molecule has 1 amide bonds. The summed E-state index contributed by atoms with van der Waals surface area (Å²) in [6.07, 6.45) is 5.25. The van der Waals surface area contributed by atoms with Crippen LogP contribution in [0.15, 0.2) is 50.9 Å². The van der Waals surface area contributed by atoms with Crippen LogP contribution in [0.2, 0.25) is 0 Å². The molecule has 2 aliphatic rings. The van der Waals surface area contributed by atoms with Gasteiger partial charge >= 0.3 is 0 Å². The first kappa shape index (κ1) is 25.7. The molecule has 0 spiro atoms. The lowest BCUT2D eigenvalue weighted by molar-refractivity contribution is -0.118. The highest BCUT2D eigenvalue weighted by Gasteiger charge is 2.38. The van der Waals surface area contributed by atoms with Gasteiger partial charge < -0.3 is 20.6 Å². The number of thioether (sulfide) groups is 1. The van der Waals surface area contributed by atoms with Crippen molar-refractivity contribution in [2.45, 2.75) is 51.0 Å². The van der Waals surface area contributed by atoms with Gasteiger partial charge in [-0.15, -0.1) is 0 Å². The number of H-pyrrole nitrogens is 1. The van der Waals surface area contributed by atoms with Gasteiger partial charge in [-0.3, -0.25) is 19.9 Å². The number of hydrogen-bond donors (Lipinski definition) is 3. The summed E-state index contributed by atoms with van der Waals surface area (Å²) in [6, 6.07) is 5.31. The zero-order chi connectivity index (χ0) is 25.8. The SMILES string of the molecule is CC/C(C)=C/C(=N)C1N=C(Sc2cc3c(cc2-c2ccn[nH]2)OCO3)C(CCC(N)=O)C(C)C1=NC. The molecular weight excluding hydrogens is 476 g/mol. The summed E-state index contributed by atoms with van der Waals surface area (Å²) in [7, 11) is 1.75. The molecule has 9 nitrogen and oxygen atoms in total. The molecule has 0 fully saturated rings. The number of rotatable bonds is 8. The van der Waals surface area contributed by atoms with Crippen LogP contribution in [0.4, 0.5) is 0 Å². The maximum Gasteiger partial charge on any atom is 0.231 e. The summed E-state index contributed by atoms with van der Waals surface area (Å²) in [5.41, 5.74) is 9.64. The van der Waals surface area contributed by atoms with Crippen LogP contribution in [0.1, 0.15) is 40.0 Å². The third-order valence-corrected chi connectivity index (χ3v) is 7.79. The molecule has 0 bridgehead atoms. The minimum Gasteiger partial charge on any atom is -0.454 e. The van der Waals surface area contributed by atoms with Crippen molar-refractivity contribution in [2.75, 3.05) is 13.8 Å². The summed E-state index contributed by atoms with van der Waals surface area (Å²) in [4.78, 5) is 22.2. The van der Waals surface area contributed by atoms with Crippen LogP contribution < -0.4 is 15.2 Å². The Hall–Kier alpha value is -3.40. The predicted molar refractivity (Wildman–Crippen MR) is 143 cm³/mol. The molecule has 3 unspecified atom stereocenters. The van der Waals surface area contributed by atoms with Crippen LogP contribution in [0.5, 0.6) is 11.5 Å². The molecule has 4 rings (SSSR count). The Kier molecular flexibility index (Phi) is 7.93. The van der Waals surface area contributed by atoms with Crippen molar-refractivity contribution < 1.29 is 14.3 Å². The number of nitrogens with two attached hydrogens (primary N) is 1. The average molecular weight is 509 g/mol. The number of aromatic amines is 1. The number of nitrogens with zero attached hydrogens (tertiary/aromatic N) is 3. The molecule has 0 radical (unpaired) electrons. The number of aromatic nitrogens is 2. The Morgan fingerprint density at radius 2 is 2.11 bits per heavy atom. The van der Waals surface area contributed by atoms with Gasteiger partial charge in [0.05, 0.1) is 16.4 Å². The maximum absolute atomic E-state index is 11.7. The summed E-state index contributed by atoms with van der Waals surface area (Å²) >= 11 is 1.52. The Morgan fingerprint density at radius 1 is 1.36 bits per heavy atom. The highest BCUT2D eigenvalue weighted by Crippen LogP contribution is 2.45. The van der Waals surface area contributed by atoms with Crippen molar-refractivity contribution in [3.63, 3.8) is 0 Å². The highest BCUT2D eigenvalue weighted by molar-refractivity contribution is 8.14. The van der Waals surface area contributed by atoms with Crippen LogP contribution in [-0.2, 0) is 4.79 Å². The van der Waals surface area contributed by atoms with Gasteiger partial charge in [0, 0.05) is 47.7 Å². The molecule has 3 atom stereocenters. The fourth-order valence-corrected chi connectivity index (χ4v) is 5.77. The molecule has 3 heterocycles. The second-order valence-electron chi connectivity index (χ2n) is 8.99. The third kappa shape index (κ3) is 5.38. The van der Waals surface area contributed by atoms with E-state index >= 15 is 0 Å². The summed E-state index contributed by atoms with van der Waals surface area (Å²) in [5, 5.41) is 16.8. The first-order chi connectivity index (χ1) is 17.3. The molecule has 36 heavy (non-hydrogen) atoms. The van der Waals surface area contributed by atoms with E-state index in [4.69, 9.17) is 25.6 Å². The van der Waals surface area contributed by atoms with Crippen LogP contribution in [-0.4, -0.2) is 52.5 Å². The zero-order valence-corrected chi connectivity index (χ0v) is 21.8. The lowest BCUT2D eigenvalue weighted by Gasteiger charge is -2.34. The van der Waals surface area contributed by atoms with E-state index in [0.29, 0.717) is 23.6 Å². The second kappa shape index (κ2) is 11.1. The molecule has 4 N–H and O–H groups in total. The Balaban J connectivity index is 1.80. The number of hydrogen-bond acceptors (Lipinski definition) is 8. The average Bonchev–Trinajstić information content (AvgIpc) is 3.54. The van der Waals surface area contributed by atoms with Crippen molar-refractivity contribution >= 4 is 34.1 Å². The topological polar surface area (TPSA) is 139 Å².